The fourth-order valence-electron chi connectivity index (χ4n) is 2.13. The molecule has 110 valence electrons. The van der Waals surface area contributed by atoms with Gasteiger partial charge in [-0.2, -0.15) is 0 Å². The van der Waals surface area contributed by atoms with Crippen LogP contribution in [0.4, 0.5) is 0 Å². The highest BCUT2D eigenvalue weighted by atomic mass is 35.5. The van der Waals surface area contributed by atoms with Crippen molar-refractivity contribution in [2.24, 2.45) is 5.73 Å². The monoisotopic (exact) mass is 332 g/mol. The summed E-state index contributed by atoms with van der Waals surface area (Å²) in [7, 11) is 0. The molecule has 2 rings (SSSR count). The minimum atomic E-state index is 0.187. The first-order valence-electron chi connectivity index (χ1n) is 6.61. The molecule has 1 aromatic rings. The Kier molecular flexibility index (Phi) is 6.02. The molecule has 0 radical (unpaired) electrons. The van der Waals surface area contributed by atoms with E-state index in [1.165, 1.54) is 0 Å². The number of thioether (sulfide) groups is 1. The Morgan fingerprint density at radius 1 is 1.35 bits per heavy atom. The molecule has 0 aliphatic carbocycles. The highest BCUT2D eigenvalue weighted by Crippen LogP contribution is 2.25. The van der Waals surface area contributed by atoms with Gasteiger partial charge in [-0.15, -0.1) is 11.8 Å². The van der Waals surface area contributed by atoms with Gasteiger partial charge in [0, 0.05) is 34.9 Å². The van der Waals surface area contributed by atoms with E-state index in [2.05, 4.69) is 0 Å². The zero-order valence-electron chi connectivity index (χ0n) is 11.1. The van der Waals surface area contributed by atoms with Crippen LogP contribution in [0.15, 0.2) is 18.2 Å². The Morgan fingerprint density at radius 2 is 2.05 bits per heavy atom. The molecule has 1 amide bonds. The molecule has 0 aromatic heterocycles. The lowest BCUT2D eigenvalue weighted by Gasteiger charge is -2.30. The Labute approximate surface area is 133 Å². The molecule has 1 aliphatic rings. The van der Waals surface area contributed by atoms with E-state index >= 15 is 0 Å². The van der Waals surface area contributed by atoms with Crippen LogP contribution < -0.4 is 5.73 Å². The summed E-state index contributed by atoms with van der Waals surface area (Å²) in [6.07, 6.45) is 1.80. The third kappa shape index (κ3) is 4.55. The first-order valence-corrected chi connectivity index (χ1v) is 8.52. The fourth-order valence-corrected chi connectivity index (χ4v) is 3.61. The summed E-state index contributed by atoms with van der Waals surface area (Å²) >= 11 is 13.5. The van der Waals surface area contributed by atoms with Gasteiger partial charge >= 0.3 is 0 Å². The van der Waals surface area contributed by atoms with E-state index in [0.29, 0.717) is 15.8 Å². The number of halogens is 2. The van der Waals surface area contributed by atoms with Crippen LogP contribution in [-0.4, -0.2) is 35.7 Å². The molecular weight excluding hydrogens is 315 g/mol. The second kappa shape index (κ2) is 7.55. The number of piperidine rings is 1. The van der Waals surface area contributed by atoms with E-state index in [-0.39, 0.29) is 11.9 Å². The molecular formula is C14H18Cl2N2OS. The Morgan fingerprint density at radius 3 is 2.70 bits per heavy atom. The van der Waals surface area contributed by atoms with Crippen molar-refractivity contribution >= 4 is 40.9 Å². The first-order chi connectivity index (χ1) is 9.56. The predicted octanol–water partition coefficient (Wildman–Crippen LogP) is 3.18. The van der Waals surface area contributed by atoms with E-state index in [1.807, 2.05) is 17.0 Å². The molecule has 1 aromatic carbocycles. The maximum Gasteiger partial charge on any atom is 0.232 e. The molecule has 2 N–H and O–H groups in total. The van der Waals surface area contributed by atoms with Crippen molar-refractivity contribution in [1.29, 1.82) is 0 Å². The van der Waals surface area contributed by atoms with Gasteiger partial charge in [-0.3, -0.25) is 4.79 Å². The van der Waals surface area contributed by atoms with Crippen LogP contribution in [-0.2, 0) is 10.5 Å². The molecule has 0 bridgehead atoms. The first kappa shape index (κ1) is 16.0. The largest absolute Gasteiger partial charge is 0.342 e. The summed E-state index contributed by atoms with van der Waals surface area (Å²) in [6, 6.07) is 5.70. The topological polar surface area (TPSA) is 46.3 Å². The predicted molar refractivity (Wildman–Crippen MR) is 86.4 cm³/mol. The van der Waals surface area contributed by atoms with Gasteiger partial charge in [0.15, 0.2) is 0 Å². The zero-order valence-corrected chi connectivity index (χ0v) is 13.5. The average Bonchev–Trinajstić information content (AvgIpc) is 2.42. The van der Waals surface area contributed by atoms with Gasteiger partial charge in [0.1, 0.15) is 0 Å². The van der Waals surface area contributed by atoms with E-state index in [9.17, 15) is 4.79 Å². The molecule has 1 saturated heterocycles. The molecule has 1 heterocycles. The van der Waals surface area contributed by atoms with Gasteiger partial charge in [0.05, 0.1) is 5.75 Å². The minimum absolute atomic E-state index is 0.187. The highest BCUT2D eigenvalue weighted by Gasteiger charge is 2.20. The normalized spacial score (nSPS) is 16.4. The zero-order chi connectivity index (χ0) is 14.5. The summed E-state index contributed by atoms with van der Waals surface area (Å²) in [4.78, 5) is 13.9. The molecule has 0 spiro atoms. The number of nitrogens with two attached hydrogens (primary N) is 1. The SMILES string of the molecule is NC1CCN(C(=O)CSCc2ccc(Cl)cc2Cl)CC1. The summed E-state index contributed by atoms with van der Waals surface area (Å²) < 4.78 is 0. The lowest BCUT2D eigenvalue weighted by Crippen LogP contribution is -2.43. The number of likely N-dealkylation sites (tertiary alicyclic amines) is 1. The number of rotatable bonds is 4. The van der Waals surface area contributed by atoms with E-state index < -0.39 is 0 Å². The summed E-state index contributed by atoms with van der Waals surface area (Å²) in [5.41, 5.74) is 6.84. The van der Waals surface area contributed by atoms with Gasteiger partial charge in [-0.1, -0.05) is 29.3 Å². The summed E-state index contributed by atoms with van der Waals surface area (Å²) in [5, 5.41) is 1.28. The van der Waals surface area contributed by atoms with Gasteiger partial charge in [-0.05, 0) is 30.5 Å². The molecule has 20 heavy (non-hydrogen) atoms. The van der Waals surface area contributed by atoms with Crippen LogP contribution in [0.25, 0.3) is 0 Å². The third-order valence-corrected chi connectivity index (χ3v) is 4.94. The van der Waals surface area contributed by atoms with Gasteiger partial charge in [-0.25, -0.2) is 0 Å². The fraction of sp³-hybridized carbons (Fsp3) is 0.500. The molecule has 0 atom stereocenters. The van der Waals surface area contributed by atoms with Crippen molar-refractivity contribution in [2.75, 3.05) is 18.8 Å². The Bertz CT molecular complexity index is 476. The summed E-state index contributed by atoms with van der Waals surface area (Å²) in [6.45, 7) is 1.56. The van der Waals surface area contributed by atoms with Gasteiger partial charge in [0.25, 0.3) is 0 Å². The second-order valence-electron chi connectivity index (χ2n) is 4.95. The van der Waals surface area contributed by atoms with Crippen LogP contribution in [0.5, 0.6) is 0 Å². The second-order valence-corrected chi connectivity index (χ2v) is 6.78. The van der Waals surface area contributed by atoms with Crippen LogP contribution in [0, 0.1) is 0 Å². The molecule has 1 fully saturated rings. The Hall–Kier alpha value is -0.420. The maximum absolute atomic E-state index is 12.0. The number of nitrogens with zero attached hydrogens (tertiary/aromatic N) is 1. The number of hydrogen-bond donors (Lipinski definition) is 1. The molecule has 1 aliphatic heterocycles. The number of carbonyl (C=O) groups is 1. The smallest absolute Gasteiger partial charge is 0.232 e. The summed E-state index contributed by atoms with van der Waals surface area (Å²) in [5.74, 6) is 1.38. The van der Waals surface area contributed by atoms with Crippen LogP contribution >= 0.6 is 35.0 Å². The number of carbonyl (C=O) groups excluding carboxylic acids is 1. The van der Waals surface area contributed by atoms with E-state index in [0.717, 1.165) is 37.2 Å². The van der Waals surface area contributed by atoms with Crippen molar-refractivity contribution in [1.82, 2.24) is 4.90 Å². The quantitative estimate of drug-likeness (QED) is 0.921. The minimum Gasteiger partial charge on any atom is -0.342 e. The third-order valence-electron chi connectivity index (χ3n) is 3.39. The van der Waals surface area contributed by atoms with Gasteiger partial charge in [0.2, 0.25) is 5.91 Å². The van der Waals surface area contributed by atoms with Gasteiger partial charge < -0.3 is 10.6 Å². The standard InChI is InChI=1S/C14H18Cl2N2OS/c15-11-2-1-10(13(16)7-11)8-20-9-14(19)18-5-3-12(17)4-6-18/h1-2,7,12H,3-6,8-9,17H2. The molecule has 3 nitrogen and oxygen atoms in total. The van der Waals surface area contributed by atoms with Crippen molar-refractivity contribution < 1.29 is 4.79 Å². The van der Waals surface area contributed by atoms with Crippen molar-refractivity contribution in [3.05, 3.63) is 33.8 Å². The number of hydrogen-bond acceptors (Lipinski definition) is 3. The molecule has 6 heteroatoms. The molecule has 0 saturated carbocycles. The maximum atomic E-state index is 12.0. The van der Waals surface area contributed by atoms with Crippen molar-refractivity contribution in [2.45, 2.75) is 24.6 Å². The van der Waals surface area contributed by atoms with Crippen molar-refractivity contribution in [3.63, 3.8) is 0 Å². The lowest BCUT2D eigenvalue weighted by molar-refractivity contribution is -0.129. The van der Waals surface area contributed by atoms with E-state index in [4.69, 9.17) is 28.9 Å². The lowest BCUT2D eigenvalue weighted by atomic mass is 10.1. The van der Waals surface area contributed by atoms with Crippen LogP contribution in [0.3, 0.4) is 0 Å². The number of amides is 1. The van der Waals surface area contributed by atoms with Crippen LogP contribution in [0.2, 0.25) is 10.0 Å². The number of benzene rings is 1. The highest BCUT2D eigenvalue weighted by molar-refractivity contribution is 7.99. The van der Waals surface area contributed by atoms with Crippen LogP contribution in [0.1, 0.15) is 18.4 Å². The van der Waals surface area contributed by atoms with Crippen molar-refractivity contribution in [3.8, 4) is 0 Å². The molecule has 0 unspecified atom stereocenters. The Balaban J connectivity index is 1.76. The van der Waals surface area contributed by atoms with E-state index in [1.54, 1.807) is 17.8 Å². The average molecular weight is 333 g/mol.